The van der Waals surface area contributed by atoms with Gasteiger partial charge in [-0.1, -0.05) is 51.2 Å². The molecule has 0 atom stereocenters. The molecular formula is C15H26O4S2. The molecule has 0 unspecified atom stereocenters. The fourth-order valence-corrected chi connectivity index (χ4v) is 1.87. The van der Waals surface area contributed by atoms with E-state index in [1.807, 2.05) is 24.3 Å². The number of rotatable bonds is 8. The van der Waals surface area contributed by atoms with Gasteiger partial charge in [-0.3, -0.25) is 4.55 Å². The van der Waals surface area contributed by atoms with Gasteiger partial charge < -0.3 is 4.74 Å². The monoisotopic (exact) mass is 334 g/mol. The lowest BCUT2D eigenvalue weighted by Gasteiger charge is -2.07. The predicted molar refractivity (Wildman–Crippen MR) is 90.0 cm³/mol. The van der Waals surface area contributed by atoms with Gasteiger partial charge in [0.2, 0.25) is 0 Å². The number of hydrogen-bond donors (Lipinski definition) is 2. The third-order valence-corrected chi connectivity index (χ3v) is 2.99. The molecule has 0 aromatic heterocycles. The van der Waals surface area contributed by atoms with Crippen molar-refractivity contribution in [1.29, 1.82) is 0 Å². The van der Waals surface area contributed by atoms with Crippen LogP contribution in [0.15, 0.2) is 29.2 Å². The zero-order valence-electron chi connectivity index (χ0n) is 12.8. The molecule has 1 aromatic carbocycles. The van der Waals surface area contributed by atoms with Crippen molar-refractivity contribution in [3.05, 3.63) is 24.3 Å². The minimum absolute atomic E-state index is 0.715. The van der Waals surface area contributed by atoms with Crippen molar-refractivity contribution in [2.45, 2.75) is 50.3 Å². The first-order chi connectivity index (χ1) is 9.84. The number of unbranched alkanes of at least 4 members (excludes halogenated alkanes) is 5. The van der Waals surface area contributed by atoms with Gasteiger partial charge in [0.1, 0.15) is 5.75 Å². The van der Waals surface area contributed by atoms with E-state index in [0.717, 1.165) is 23.7 Å². The third-order valence-electron chi connectivity index (χ3n) is 2.62. The standard InChI is InChI=1S/C14H22OS.CH4O3S/c1-2-3-4-5-6-9-12-15-13-10-7-8-11-14(13)16;1-5(2,3)4/h7-8,10-11,16H,2-6,9,12H2,1H3;1H3,(H,2,3,4). The lowest BCUT2D eigenvalue weighted by atomic mass is 10.1. The molecule has 1 rings (SSSR count). The van der Waals surface area contributed by atoms with Crippen molar-refractivity contribution < 1.29 is 17.7 Å². The molecule has 0 spiro atoms. The minimum atomic E-state index is -3.67. The van der Waals surface area contributed by atoms with E-state index in [4.69, 9.17) is 9.29 Å². The van der Waals surface area contributed by atoms with Crippen molar-refractivity contribution in [2.75, 3.05) is 12.9 Å². The maximum absolute atomic E-state index is 9.19. The van der Waals surface area contributed by atoms with E-state index < -0.39 is 10.1 Å². The van der Waals surface area contributed by atoms with Crippen molar-refractivity contribution in [1.82, 2.24) is 0 Å². The molecule has 0 radical (unpaired) electrons. The Hall–Kier alpha value is -0.720. The highest BCUT2D eigenvalue weighted by atomic mass is 32.2. The van der Waals surface area contributed by atoms with Gasteiger partial charge in [0, 0.05) is 4.90 Å². The van der Waals surface area contributed by atoms with E-state index >= 15 is 0 Å². The van der Waals surface area contributed by atoms with Crippen molar-refractivity contribution >= 4 is 22.7 Å². The summed E-state index contributed by atoms with van der Waals surface area (Å²) in [6.07, 6.45) is 8.50. The molecule has 1 aromatic rings. The molecule has 0 saturated heterocycles. The van der Waals surface area contributed by atoms with E-state index in [2.05, 4.69) is 19.6 Å². The van der Waals surface area contributed by atoms with Crippen molar-refractivity contribution in [3.8, 4) is 5.75 Å². The molecule has 0 aliphatic carbocycles. The van der Waals surface area contributed by atoms with E-state index in [1.165, 1.54) is 32.1 Å². The lowest BCUT2D eigenvalue weighted by molar-refractivity contribution is 0.298. The van der Waals surface area contributed by atoms with Gasteiger partial charge in [-0.15, -0.1) is 12.6 Å². The van der Waals surface area contributed by atoms with E-state index in [0.29, 0.717) is 6.26 Å². The van der Waals surface area contributed by atoms with Gasteiger partial charge in [0.25, 0.3) is 10.1 Å². The van der Waals surface area contributed by atoms with Crippen molar-refractivity contribution in [3.63, 3.8) is 0 Å². The summed E-state index contributed by atoms with van der Waals surface area (Å²) >= 11 is 4.34. The number of thiol groups is 1. The Kier molecular flexibility index (Phi) is 11.5. The minimum Gasteiger partial charge on any atom is -0.492 e. The highest BCUT2D eigenvalue weighted by molar-refractivity contribution is 7.85. The molecule has 0 fully saturated rings. The summed E-state index contributed by atoms with van der Waals surface area (Å²) in [5.41, 5.74) is 0. The zero-order valence-corrected chi connectivity index (χ0v) is 14.5. The van der Waals surface area contributed by atoms with Crippen LogP contribution in [0.5, 0.6) is 5.75 Å². The van der Waals surface area contributed by atoms with Gasteiger partial charge in [-0.05, 0) is 18.6 Å². The van der Waals surface area contributed by atoms with Crippen LogP contribution >= 0.6 is 12.6 Å². The fourth-order valence-electron chi connectivity index (χ4n) is 1.64. The molecule has 122 valence electrons. The Bertz CT molecular complexity index is 464. The Morgan fingerprint density at radius 3 is 2.19 bits per heavy atom. The zero-order chi connectivity index (χ0) is 16.1. The van der Waals surface area contributed by atoms with Crippen LogP contribution in [0.25, 0.3) is 0 Å². The molecule has 0 amide bonds. The molecule has 6 heteroatoms. The average molecular weight is 335 g/mol. The first-order valence-electron chi connectivity index (χ1n) is 7.18. The van der Waals surface area contributed by atoms with Crippen molar-refractivity contribution in [2.24, 2.45) is 0 Å². The average Bonchev–Trinajstić information content (AvgIpc) is 2.38. The van der Waals surface area contributed by atoms with Crippen LogP contribution in [0.2, 0.25) is 0 Å². The normalized spacial score (nSPS) is 10.7. The molecule has 0 aliphatic heterocycles. The third kappa shape index (κ3) is 15.5. The van der Waals surface area contributed by atoms with Crippen LogP contribution in [0.3, 0.4) is 0 Å². The van der Waals surface area contributed by atoms with Crippen LogP contribution < -0.4 is 4.74 Å². The second-order valence-corrected chi connectivity index (χ2v) is 6.76. The lowest BCUT2D eigenvalue weighted by Crippen LogP contribution is -1.97. The second kappa shape index (κ2) is 11.9. The summed E-state index contributed by atoms with van der Waals surface area (Å²) in [4.78, 5) is 0.925. The van der Waals surface area contributed by atoms with E-state index in [1.54, 1.807) is 0 Å². The summed E-state index contributed by atoms with van der Waals surface area (Å²) < 4.78 is 31.5. The Morgan fingerprint density at radius 1 is 1.10 bits per heavy atom. The molecular weight excluding hydrogens is 308 g/mol. The van der Waals surface area contributed by atoms with Crippen LogP contribution in [-0.4, -0.2) is 25.8 Å². The van der Waals surface area contributed by atoms with Crippen LogP contribution in [0.4, 0.5) is 0 Å². The van der Waals surface area contributed by atoms with Gasteiger partial charge in [0.05, 0.1) is 12.9 Å². The first kappa shape index (κ1) is 20.3. The molecule has 0 bridgehead atoms. The highest BCUT2D eigenvalue weighted by Crippen LogP contribution is 2.21. The smallest absolute Gasteiger partial charge is 0.261 e. The summed E-state index contributed by atoms with van der Waals surface area (Å²) in [6.45, 7) is 3.05. The summed E-state index contributed by atoms with van der Waals surface area (Å²) in [5.74, 6) is 0.902. The Labute approximate surface area is 134 Å². The van der Waals surface area contributed by atoms with E-state index in [9.17, 15) is 8.42 Å². The summed E-state index contributed by atoms with van der Waals surface area (Å²) in [5, 5.41) is 0. The molecule has 21 heavy (non-hydrogen) atoms. The Balaban J connectivity index is 0.000000690. The number of ether oxygens (including phenoxy) is 1. The van der Waals surface area contributed by atoms with Gasteiger partial charge in [0.15, 0.2) is 0 Å². The molecule has 0 saturated carbocycles. The van der Waals surface area contributed by atoms with Crippen LogP contribution in [0, 0.1) is 0 Å². The number of benzene rings is 1. The van der Waals surface area contributed by atoms with Crippen LogP contribution in [-0.2, 0) is 10.1 Å². The molecule has 0 aliphatic rings. The quantitative estimate of drug-likeness (QED) is 0.424. The SMILES string of the molecule is CCCCCCCCOc1ccccc1S.CS(=O)(=O)O. The highest BCUT2D eigenvalue weighted by Gasteiger charge is 1.97. The summed E-state index contributed by atoms with van der Waals surface area (Å²) in [6, 6.07) is 7.88. The first-order valence-corrected chi connectivity index (χ1v) is 9.47. The molecule has 1 N–H and O–H groups in total. The second-order valence-electron chi connectivity index (χ2n) is 4.82. The van der Waals surface area contributed by atoms with Crippen LogP contribution in [0.1, 0.15) is 45.4 Å². The predicted octanol–water partition coefficient (Wildman–Crippen LogP) is 4.22. The molecule has 4 nitrogen and oxygen atoms in total. The Morgan fingerprint density at radius 2 is 1.62 bits per heavy atom. The van der Waals surface area contributed by atoms with Gasteiger partial charge in [-0.2, -0.15) is 8.42 Å². The maximum Gasteiger partial charge on any atom is 0.261 e. The van der Waals surface area contributed by atoms with E-state index in [-0.39, 0.29) is 0 Å². The summed E-state index contributed by atoms with van der Waals surface area (Å²) in [7, 11) is -3.67. The largest absolute Gasteiger partial charge is 0.492 e. The molecule has 0 heterocycles. The number of para-hydroxylation sites is 1. The fraction of sp³-hybridized carbons (Fsp3) is 0.600. The topological polar surface area (TPSA) is 63.6 Å². The number of hydrogen-bond acceptors (Lipinski definition) is 4. The van der Waals surface area contributed by atoms with Gasteiger partial charge in [-0.25, -0.2) is 0 Å². The maximum atomic E-state index is 9.19. The van der Waals surface area contributed by atoms with Gasteiger partial charge >= 0.3 is 0 Å².